The summed E-state index contributed by atoms with van der Waals surface area (Å²) in [6.07, 6.45) is 3.27. The van der Waals surface area contributed by atoms with Crippen molar-refractivity contribution in [3.63, 3.8) is 0 Å². The van der Waals surface area contributed by atoms with Crippen molar-refractivity contribution < 1.29 is 10.2 Å². The van der Waals surface area contributed by atoms with Crippen LogP contribution in [-0.4, -0.2) is 22.9 Å². The fourth-order valence-electron chi connectivity index (χ4n) is 1.96. The van der Waals surface area contributed by atoms with Crippen LogP contribution < -0.4 is 0 Å². The second kappa shape index (κ2) is 7.42. The van der Waals surface area contributed by atoms with E-state index in [1.807, 2.05) is 30.3 Å². The van der Waals surface area contributed by atoms with E-state index in [4.69, 9.17) is 0 Å². The largest absolute Gasteiger partial charge is 0.396 e. The maximum Gasteiger partial charge on any atom is 0.0540 e. The maximum atomic E-state index is 9.66. The molecule has 0 aliphatic carbocycles. The molecule has 0 heterocycles. The normalized spacial score (nSPS) is 14.7. The van der Waals surface area contributed by atoms with Gasteiger partial charge in [0, 0.05) is 12.5 Å². The lowest BCUT2D eigenvalue weighted by atomic mass is 9.93. The van der Waals surface area contributed by atoms with Crippen LogP contribution in [0, 0.1) is 0 Å². The number of aliphatic hydroxyl groups excluding tert-OH is 2. The molecule has 0 saturated carbocycles. The first-order chi connectivity index (χ1) is 7.77. The molecule has 0 saturated heterocycles. The first-order valence-electron chi connectivity index (χ1n) is 6.11. The number of hydrogen-bond donors (Lipinski definition) is 2. The number of aliphatic hydroxyl groups is 2. The second-order valence-corrected chi connectivity index (χ2v) is 4.31. The zero-order valence-corrected chi connectivity index (χ0v) is 9.97. The summed E-state index contributed by atoms with van der Waals surface area (Å²) in [5.74, 6) is 0.160. The minimum atomic E-state index is -0.220. The van der Waals surface area contributed by atoms with Crippen molar-refractivity contribution in [1.82, 2.24) is 0 Å². The Kier molecular flexibility index (Phi) is 6.12. The van der Waals surface area contributed by atoms with Gasteiger partial charge >= 0.3 is 0 Å². The smallest absolute Gasteiger partial charge is 0.0540 e. The van der Waals surface area contributed by atoms with Crippen molar-refractivity contribution in [2.24, 2.45) is 0 Å². The van der Waals surface area contributed by atoms with E-state index < -0.39 is 0 Å². The highest BCUT2D eigenvalue weighted by Crippen LogP contribution is 2.22. The Morgan fingerprint density at radius 2 is 1.75 bits per heavy atom. The molecule has 1 rings (SSSR count). The molecule has 2 heteroatoms. The van der Waals surface area contributed by atoms with Crippen LogP contribution in [0.3, 0.4) is 0 Å². The van der Waals surface area contributed by atoms with Crippen molar-refractivity contribution in [2.75, 3.05) is 6.61 Å². The van der Waals surface area contributed by atoms with Crippen LogP contribution in [0.25, 0.3) is 0 Å². The van der Waals surface area contributed by atoms with Crippen molar-refractivity contribution in [1.29, 1.82) is 0 Å². The molecule has 0 aromatic heterocycles. The molecular formula is C14H22O2. The van der Waals surface area contributed by atoms with E-state index >= 15 is 0 Å². The highest BCUT2D eigenvalue weighted by Gasteiger charge is 2.12. The fourth-order valence-corrected chi connectivity index (χ4v) is 1.96. The lowest BCUT2D eigenvalue weighted by molar-refractivity contribution is 0.142. The molecular weight excluding hydrogens is 200 g/mol. The minimum absolute atomic E-state index is 0.156. The van der Waals surface area contributed by atoms with Gasteiger partial charge in [0.05, 0.1) is 6.10 Å². The van der Waals surface area contributed by atoms with E-state index in [1.54, 1.807) is 0 Å². The monoisotopic (exact) mass is 222 g/mol. The van der Waals surface area contributed by atoms with Crippen LogP contribution in [0.2, 0.25) is 0 Å². The average molecular weight is 222 g/mol. The fraction of sp³-hybridized carbons (Fsp3) is 0.571. The Morgan fingerprint density at radius 1 is 1.06 bits per heavy atom. The molecule has 1 aromatic rings. The summed E-state index contributed by atoms with van der Waals surface area (Å²) in [6, 6.07) is 10.0. The third-order valence-corrected chi connectivity index (χ3v) is 2.96. The standard InChI is InChI=1S/C14H22O2/c1-2-6-14(16)10-9-13(11-15)12-7-4-3-5-8-12/h3-5,7-8,13-16H,2,6,9-11H2,1H3. The summed E-state index contributed by atoms with van der Waals surface area (Å²) < 4.78 is 0. The van der Waals surface area contributed by atoms with Gasteiger partial charge in [-0.2, -0.15) is 0 Å². The van der Waals surface area contributed by atoms with E-state index in [2.05, 4.69) is 6.92 Å². The summed E-state index contributed by atoms with van der Waals surface area (Å²) in [4.78, 5) is 0. The maximum absolute atomic E-state index is 9.66. The Labute approximate surface area is 97.9 Å². The molecule has 0 bridgehead atoms. The van der Waals surface area contributed by atoms with E-state index in [-0.39, 0.29) is 18.6 Å². The quantitative estimate of drug-likeness (QED) is 0.744. The van der Waals surface area contributed by atoms with Gasteiger partial charge < -0.3 is 10.2 Å². The zero-order chi connectivity index (χ0) is 11.8. The predicted molar refractivity (Wildman–Crippen MR) is 66.4 cm³/mol. The highest BCUT2D eigenvalue weighted by molar-refractivity contribution is 5.19. The van der Waals surface area contributed by atoms with Gasteiger partial charge in [0.2, 0.25) is 0 Å². The lowest BCUT2D eigenvalue weighted by Gasteiger charge is -2.16. The molecule has 2 N–H and O–H groups in total. The molecule has 2 atom stereocenters. The lowest BCUT2D eigenvalue weighted by Crippen LogP contribution is -2.11. The summed E-state index contributed by atoms with van der Waals surface area (Å²) in [7, 11) is 0. The molecule has 0 amide bonds. The summed E-state index contributed by atoms with van der Waals surface area (Å²) in [5, 5.41) is 19.0. The first kappa shape index (κ1) is 13.2. The Hall–Kier alpha value is -0.860. The van der Waals surface area contributed by atoms with Crippen LogP contribution >= 0.6 is 0 Å². The van der Waals surface area contributed by atoms with Gasteiger partial charge in [-0.05, 0) is 24.8 Å². The summed E-state index contributed by atoms with van der Waals surface area (Å²) in [6.45, 7) is 2.23. The van der Waals surface area contributed by atoms with Gasteiger partial charge in [-0.15, -0.1) is 0 Å². The Morgan fingerprint density at radius 3 is 2.31 bits per heavy atom. The third kappa shape index (κ3) is 4.33. The number of rotatable bonds is 7. The molecule has 1 aromatic carbocycles. The van der Waals surface area contributed by atoms with Gasteiger partial charge in [-0.1, -0.05) is 43.7 Å². The summed E-state index contributed by atoms with van der Waals surface area (Å²) in [5.41, 5.74) is 1.16. The molecule has 2 nitrogen and oxygen atoms in total. The molecule has 0 aliphatic heterocycles. The Balaban J connectivity index is 2.44. The molecule has 2 unspecified atom stereocenters. The molecule has 90 valence electrons. The third-order valence-electron chi connectivity index (χ3n) is 2.96. The molecule has 0 spiro atoms. The van der Waals surface area contributed by atoms with Crippen molar-refractivity contribution in [2.45, 2.75) is 44.6 Å². The van der Waals surface area contributed by atoms with Crippen LogP contribution in [-0.2, 0) is 0 Å². The first-order valence-corrected chi connectivity index (χ1v) is 6.11. The van der Waals surface area contributed by atoms with E-state index in [0.29, 0.717) is 0 Å². The van der Waals surface area contributed by atoms with Gasteiger partial charge in [0.25, 0.3) is 0 Å². The predicted octanol–water partition coefficient (Wildman–Crippen LogP) is 2.70. The Bertz CT molecular complexity index is 271. The molecule has 0 fully saturated rings. The van der Waals surface area contributed by atoms with E-state index in [0.717, 1.165) is 31.2 Å². The van der Waals surface area contributed by atoms with E-state index in [1.165, 1.54) is 0 Å². The van der Waals surface area contributed by atoms with Crippen molar-refractivity contribution in [3.8, 4) is 0 Å². The molecule has 0 aliphatic rings. The van der Waals surface area contributed by atoms with Crippen molar-refractivity contribution >= 4 is 0 Å². The molecule has 0 radical (unpaired) electrons. The summed E-state index contributed by atoms with van der Waals surface area (Å²) >= 11 is 0. The van der Waals surface area contributed by atoms with Gasteiger partial charge in [0.1, 0.15) is 0 Å². The number of benzene rings is 1. The van der Waals surface area contributed by atoms with Crippen LogP contribution in [0.4, 0.5) is 0 Å². The van der Waals surface area contributed by atoms with E-state index in [9.17, 15) is 10.2 Å². The zero-order valence-electron chi connectivity index (χ0n) is 9.97. The topological polar surface area (TPSA) is 40.5 Å². The minimum Gasteiger partial charge on any atom is -0.396 e. The SMILES string of the molecule is CCCC(O)CCC(CO)c1ccccc1. The van der Waals surface area contributed by atoms with Gasteiger partial charge in [0.15, 0.2) is 0 Å². The molecule has 16 heavy (non-hydrogen) atoms. The van der Waals surface area contributed by atoms with Crippen LogP contribution in [0.5, 0.6) is 0 Å². The average Bonchev–Trinajstić information content (AvgIpc) is 2.31. The highest BCUT2D eigenvalue weighted by atomic mass is 16.3. The van der Waals surface area contributed by atoms with Crippen LogP contribution in [0.15, 0.2) is 30.3 Å². The number of hydrogen-bond acceptors (Lipinski definition) is 2. The second-order valence-electron chi connectivity index (χ2n) is 4.31. The van der Waals surface area contributed by atoms with Crippen molar-refractivity contribution in [3.05, 3.63) is 35.9 Å². The van der Waals surface area contributed by atoms with Crippen LogP contribution in [0.1, 0.15) is 44.1 Å². The van der Waals surface area contributed by atoms with Gasteiger partial charge in [-0.25, -0.2) is 0 Å². The van der Waals surface area contributed by atoms with Gasteiger partial charge in [-0.3, -0.25) is 0 Å².